The number of hydrogen-bond acceptors (Lipinski definition) is 4. The van der Waals surface area contributed by atoms with E-state index in [1.807, 2.05) is 18.2 Å². The molecule has 0 N–H and O–H groups in total. The lowest BCUT2D eigenvalue weighted by Gasteiger charge is -2.20. The minimum Gasteiger partial charge on any atom is -0.486 e. The number of benzene rings is 1. The molecule has 1 amide bonds. The number of amides is 1. The summed E-state index contributed by atoms with van der Waals surface area (Å²) in [7, 11) is 3.45. The Morgan fingerprint density at radius 1 is 1.31 bits per heavy atom. The smallest absolute Gasteiger partial charge is 0.286 e. The van der Waals surface area contributed by atoms with Gasteiger partial charge in [-0.3, -0.25) is 4.79 Å². The number of carbonyl (C=O) groups excluding carboxylic acids is 1. The Balaban J connectivity index is 2.24. The van der Waals surface area contributed by atoms with E-state index in [-0.39, 0.29) is 5.24 Å². The zero-order valence-corrected chi connectivity index (χ0v) is 10.0. The fourth-order valence-electron chi connectivity index (χ4n) is 1.31. The summed E-state index contributed by atoms with van der Waals surface area (Å²) in [5, 5.41) is -0.0254. The van der Waals surface area contributed by atoms with Gasteiger partial charge in [-0.2, -0.15) is 0 Å². The predicted molar refractivity (Wildman–Crippen MR) is 62.4 cm³/mol. The molecule has 16 heavy (non-hydrogen) atoms. The van der Waals surface area contributed by atoms with Gasteiger partial charge in [-0.05, 0) is 23.9 Å². The third-order valence-corrected chi connectivity index (χ3v) is 3.17. The highest BCUT2D eigenvalue weighted by Gasteiger charge is 2.18. The van der Waals surface area contributed by atoms with Crippen LogP contribution in [0.5, 0.6) is 11.5 Å². The first-order valence-electron chi connectivity index (χ1n) is 4.96. The maximum Gasteiger partial charge on any atom is 0.286 e. The van der Waals surface area contributed by atoms with Crippen LogP contribution in [0, 0.1) is 0 Å². The van der Waals surface area contributed by atoms with Crippen LogP contribution in [-0.2, 0) is 0 Å². The van der Waals surface area contributed by atoms with Gasteiger partial charge < -0.3 is 14.4 Å². The molecule has 0 saturated carbocycles. The van der Waals surface area contributed by atoms with E-state index in [1.165, 1.54) is 4.90 Å². The van der Waals surface area contributed by atoms with Crippen LogP contribution in [0.25, 0.3) is 0 Å². The van der Waals surface area contributed by atoms with Gasteiger partial charge >= 0.3 is 0 Å². The maximum absolute atomic E-state index is 11.6. The SMILES string of the molecule is CN(C)C(=O)Sc1cccc2c1OCCO2. The molecule has 0 aromatic heterocycles. The molecule has 0 spiro atoms. The van der Waals surface area contributed by atoms with Crippen molar-refractivity contribution in [1.29, 1.82) is 0 Å². The van der Waals surface area contributed by atoms with Crippen molar-refractivity contribution in [3.8, 4) is 11.5 Å². The molecule has 2 rings (SSSR count). The van der Waals surface area contributed by atoms with Crippen LogP contribution in [0.2, 0.25) is 0 Å². The van der Waals surface area contributed by atoms with Gasteiger partial charge in [-0.25, -0.2) is 0 Å². The quantitative estimate of drug-likeness (QED) is 0.704. The van der Waals surface area contributed by atoms with E-state index in [9.17, 15) is 4.79 Å². The van der Waals surface area contributed by atoms with Crippen LogP contribution in [0.3, 0.4) is 0 Å². The number of thioether (sulfide) groups is 1. The average Bonchev–Trinajstić information content (AvgIpc) is 2.29. The van der Waals surface area contributed by atoms with Crippen LogP contribution in [-0.4, -0.2) is 37.4 Å². The summed E-state index contributed by atoms with van der Waals surface area (Å²) < 4.78 is 11.0. The topological polar surface area (TPSA) is 38.8 Å². The molecule has 0 aliphatic carbocycles. The number of carbonyl (C=O) groups is 1. The van der Waals surface area contributed by atoms with Gasteiger partial charge in [0.05, 0.1) is 4.90 Å². The summed E-state index contributed by atoms with van der Waals surface area (Å²) >= 11 is 1.15. The van der Waals surface area contributed by atoms with Gasteiger partial charge in [0.1, 0.15) is 13.2 Å². The summed E-state index contributed by atoms with van der Waals surface area (Å²) in [5.74, 6) is 1.39. The Labute approximate surface area is 98.5 Å². The van der Waals surface area contributed by atoms with E-state index in [4.69, 9.17) is 9.47 Å². The fourth-order valence-corrected chi connectivity index (χ4v) is 2.08. The third kappa shape index (κ3) is 2.24. The number of hydrogen-bond donors (Lipinski definition) is 0. The van der Waals surface area contributed by atoms with Crippen molar-refractivity contribution < 1.29 is 14.3 Å². The molecule has 0 fully saturated rings. The van der Waals surface area contributed by atoms with E-state index < -0.39 is 0 Å². The molecular formula is C11H13NO3S. The number of para-hydroxylation sites is 1. The van der Waals surface area contributed by atoms with Crippen molar-refractivity contribution in [2.24, 2.45) is 0 Å². The zero-order chi connectivity index (χ0) is 11.5. The summed E-state index contributed by atoms with van der Waals surface area (Å²) in [5.41, 5.74) is 0. The minimum atomic E-state index is -0.0254. The molecule has 0 unspecified atom stereocenters. The second-order valence-corrected chi connectivity index (χ2v) is 4.54. The molecule has 0 radical (unpaired) electrons. The lowest BCUT2D eigenvalue weighted by atomic mass is 10.3. The second kappa shape index (κ2) is 4.65. The molecule has 1 heterocycles. The van der Waals surface area contributed by atoms with Crippen molar-refractivity contribution in [3.63, 3.8) is 0 Å². The Hall–Kier alpha value is -1.36. The maximum atomic E-state index is 11.6. The third-order valence-electron chi connectivity index (χ3n) is 2.09. The van der Waals surface area contributed by atoms with E-state index in [1.54, 1.807) is 14.1 Å². The molecule has 86 valence electrons. The molecule has 1 aromatic rings. The molecule has 1 aliphatic rings. The predicted octanol–water partition coefficient (Wildman–Crippen LogP) is 2.23. The van der Waals surface area contributed by atoms with Gasteiger partial charge in [0, 0.05) is 14.1 Å². The summed E-state index contributed by atoms with van der Waals surface area (Å²) in [4.78, 5) is 13.9. The second-order valence-electron chi connectivity index (χ2n) is 3.54. The Morgan fingerprint density at radius 2 is 2.06 bits per heavy atom. The highest BCUT2D eigenvalue weighted by molar-refractivity contribution is 8.13. The Morgan fingerprint density at radius 3 is 2.81 bits per heavy atom. The van der Waals surface area contributed by atoms with E-state index in [2.05, 4.69) is 0 Å². The van der Waals surface area contributed by atoms with Crippen LogP contribution >= 0.6 is 11.8 Å². The molecule has 4 nitrogen and oxygen atoms in total. The van der Waals surface area contributed by atoms with Gasteiger partial charge in [0.25, 0.3) is 5.24 Å². The molecule has 0 saturated heterocycles. The molecule has 1 aromatic carbocycles. The van der Waals surface area contributed by atoms with Crippen molar-refractivity contribution in [1.82, 2.24) is 4.90 Å². The summed E-state index contributed by atoms with van der Waals surface area (Å²) in [6, 6.07) is 5.57. The minimum absolute atomic E-state index is 0.0254. The van der Waals surface area contributed by atoms with Crippen LogP contribution in [0.15, 0.2) is 23.1 Å². The van der Waals surface area contributed by atoms with Crippen molar-refractivity contribution >= 4 is 17.0 Å². The molecular weight excluding hydrogens is 226 g/mol. The highest BCUT2D eigenvalue weighted by Crippen LogP contribution is 2.39. The van der Waals surface area contributed by atoms with Crippen molar-refractivity contribution in [2.45, 2.75) is 4.90 Å². The fraction of sp³-hybridized carbons (Fsp3) is 0.364. The van der Waals surface area contributed by atoms with Gasteiger partial charge in [-0.1, -0.05) is 6.07 Å². The largest absolute Gasteiger partial charge is 0.486 e. The van der Waals surface area contributed by atoms with Crippen LogP contribution < -0.4 is 9.47 Å². The first kappa shape index (κ1) is 11.1. The summed E-state index contributed by atoms with van der Waals surface area (Å²) in [6.07, 6.45) is 0. The zero-order valence-electron chi connectivity index (χ0n) is 9.23. The van der Waals surface area contributed by atoms with E-state index in [0.29, 0.717) is 24.7 Å². The van der Waals surface area contributed by atoms with E-state index in [0.717, 1.165) is 16.7 Å². The Kier molecular flexibility index (Phi) is 3.24. The van der Waals surface area contributed by atoms with Crippen LogP contribution in [0.4, 0.5) is 4.79 Å². The monoisotopic (exact) mass is 239 g/mol. The number of nitrogens with zero attached hydrogens (tertiary/aromatic N) is 1. The Bertz CT molecular complexity index is 406. The molecule has 0 bridgehead atoms. The first-order valence-corrected chi connectivity index (χ1v) is 5.78. The highest BCUT2D eigenvalue weighted by atomic mass is 32.2. The summed E-state index contributed by atoms with van der Waals surface area (Å²) in [6.45, 7) is 1.09. The molecule has 5 heteroatoms. The van der Waals surface area contributed by atoms with E-state index >= 15 is 0 Å². The standard InChI is InChI=1S/C11H13NO3S/c1-12(2)11(13)16-9-5-3-4-8-10(9)15-7-6-14-8/h3-5H,6-7H2,1-2H3. The van der Waals surface area contributed by atoms with Crippen molar-refractivity contribution in [3.05, 3.63) is 18.2 Å². The number of rotatable bonds is 1. The average molecular weight is 239 g/mol. The van der Waals surface area contributed by atoms with Gasteiger partial charge in [0.15, 0.2) is 11.5 Å². The molecule has 0 atom stereocenters. The van der Waals surface area contributed by atoms with Gasteiger partial charge in [0.2, 0.25) is 0 Å². The van der Waals surface area contributed by atoms with Gasteiger partial charge in [-0.15, -0.1) is 0 Å². The molecule has 1 aliphatic heterocycles. The number of fused-ring (bicyclic) bond motifs is 1. The lowest BCUT2D eigenvalue weighted by molar-refractivity contribution is 0.167. The van der Waals surface area contributed by atoms with Crippen molar-refractivity contribution in [2.75, 3.05) is 27.3 Å². The van der Waals surface area contributed by atoms with Crippen LogP contribution in [0.1, 0.15) is 0 Å². The number of ether oxygens (including phenoxy) is 2. The first-order chi connectivity index (χ1) is 7.68. The normalized spacial score (nSPS) is 13.4. The lowest BCUT2D eigenvalue weighted by Crippen LogP contribution is -2.18.